The van der Waals surface area contributed by atoms with E-state index < -0.39 is 0 Å². The molecule has 5 heteroatoms. The lowest BCUT2D eigenvalue weighted by Gasteiger charge is -2.17. The highest BCUT2D eigenvalue weighted by Gasteiger charge is 2.19. The van der Waals surface area contributed by atoms with Gasteiger partial charge >= 0.3 is 0 Å². The predicted octanol–water partition coefficient (Wildman–Crippen LogP) is 3.52. The summed E-state index contributed by atoms with van der Waals surface area (Å²) in [5.74, 6) is 0.401. The highest BCUT2D eigenvalue weighted by atomic mass is 35.5. The van der Waals surface area contributed by atoms with E-state index in [4.69, 9.17) is 11.6 Å². The summed E-state index contributed by atoms with van der Waals surface area (Å²) >= 11 is 5.87. The summed E-state index contributed by atoms with van der Waals surface area (Å²) in [6.07, 6.45) is 7.07. The second kappa shape index (κ2) is 6.38. The zero-order valence-electron chi connectivity index (χ0n) is 10.7. The van der Waals surface area contributed by atoms with Gasteiger partial charge in [0.25, 0.3) is 0 Å². The molecule has 4 nitrogen and oxygen atoms in total. The number of rotatable bonds is 5. The normalized spacial score (nSPS) is 12.1. The molecule has 0 aliphatic heterocycles. The van der Waals surface area contributed by atoms with Crippen LogP contribution in [0, 0.1) is 0 Å². The Balaban J connectivity index is 2.12. The molecule has 0 aliphatic rings. The van der Waals surface area contributed by atoms with Crippen molar-refractivity contribution in [3.8, 4) is 0 Å². The molecule has 2 aromatic rings. The van der Waals surface area contributed by atoms with Crippen molar-refractivity contribution in [1.82, 2.24) is 9.55 Å². The Morgan fingerprint density at radius 2 is 2.21 bits per heavy atom. The van der Waals surface area contributed by atoms with Crippen LogP contribution in [-0.2, 0) is 4.79 Å². The second-order valence-electron chi connectivity index (χ2n) is 4.28. The van der Waals surface area contributed by atoms with Crippen molar-refractivity contribution in [2.75, 3.05) is 5.32 Å². The number of carbonyl (C=O) groups is 1. The SMILES string of the molecule is CCCC(C(=O)Nc1cc(Cl)ccn1)n1cccc1. The first-order valence-corrected chi connectivity index (χ1v) is 6.63. The van der Waals surface area contributed by atoms with Gasteiger partial charge in [-0.3, -0.25) is 4.79 Å². The van der Waals surface area contributed by atoms with E-state index in [1.165, 1.54) is 0 Å². The lowest BCUT2D eigenvalue weighted by atomic mass is 10.1. The molecule has 1 atom stereocenters. The van der Waals surface area contributed by atoms with Crippen LogP contribution in [0.5, 0.6) is 0 Å². The van der Waals surface area contributed by atoms with E-state index in [1.54, 1.807) is 18.3 Å². The molecule has 0 radical (unpaired) electrons. The maximum Gasteiger partial charge on any atom is 0.248 e. The second-order valence-corrected chi connectivity index (χ2v) is 4.72. The first kappa shape index (κ1) is 13.6. The van der Waals surface area contributed by atoms with Gasteiger partial charge in [-0.2, -0.15) is 0 Å². The van der Waals surface area contributed by atoms with E-state index in [1.807, 2.05) is 29.1 Å². The fourth-order valence-electron chi connectivity index (χ4n) is 1.93. The van der Waals surface area contributed by atoms with Gasteiger partial charge in [0.2, 0.25) is 5.91 Å². The molecule has 2 rings (SSSR count). The molecule has 0 saturated carbocycles. The molecule has 1 N–H and O–H groups in total. The summed E-state index contributed by atoms with van der Waals surface area (Å²) in [6, 6.07) is 6.91. The van der Waals surface area contributed by atoms with E-state index in [2.05, 4.69) is 17.2 Å². The first-order valence-electron chi connectivity index (χ1n) is 6.25. The third-order valence-corrected chi connectivity index (χ3v) is 3.06. The molecule has 0 aliphatic carbocycles. The van der Waals surface area contributed by atoms with E-state index >= 15 is 0 Å². The quantitative estimate of drug-likeness (QED) is 0.909. The molecule has 0 saturated heterocycles. The van der Waals surface area contributed by atoms with Gasteiger partial charge in [-0.25, -0.2) is 4.98 Å². The molecule has 0 spiro atoms. The van der Waals surface area contributed by atoms with Crippen LogP contribution in [-0.4, -0.2) is 15.5 Å². The molecule has 1 amide bonds. The largest absolute Gasteiger partial charge is 0.342 e. The van der Waals surface area contributed by atoms with Crippen molar-refractivity contribution in [3.05, 3.63) is 47.9 Å². The van der Waals surface area contributed by atoms with Crippen LogP contribution in [0.2, 0.25) is 5.02 Å². The molecule has 100 valence electrons. The van der Waals surface area contributed by atoms with Crippen LogP contribution in [0.15, 0.2) is 42.9 Å². The van der Waals surface area contributed by atoms with Crippen molar-refractivity contribution in [1.29, 1.82) is 0 Å². The molecule has 0 aromatic carbocycles. The van der Waals surface area contributed by atoms with Gasteiger partial charge < -0.3 is 9.88 Å². The Kier molecular flexibility index (Phi) is 4.58. The number of pyridine rings is 1. The summed E-state index contributed by atoms with van der Waals surface area (Å²) in [4.78, 5) is 16.4. The first-order chi connectivity index (χ1) is 9.20. The lowest BCUT2D eigenvalue weighted by molar-refractivity contribution is -0.119. The van der Waals surface area contributed by atoms with Crippen molar-refractivity contribution < 1.29 is 4.79 Å². The Morgan fingerprint density at radius 1 is 1.47 bits per heavy atom. The van der Waals surface area contributed by atoms with Gasteiger partial charge in [0.1, 0.15) is 11.9 Å². The minimum atomic E-state index is -0.221. The molecule has 0 fully saturated rings. The Bertz CT molecular complexity index is 539. The molecule has 19 heavy (non-hydrogen) atoms. The zero-order valence-corrected chi connectivity index (χ0v) is 11.5. The van der Waals surface area contributed by atoms with Crippen molar-refractivity contribution >= 4 is 23.3 Å². The number of nitrogens with one attached hydrogen (secondary N) is 1. The summed E-state index contributed by atoms with van der Waals surface area (Å²) in [7, 11) is 0. The van der Waals surface area contributed by atoms with Crippen molar-refractivity contribution in [2.24, 2.45) is 0 Å². The maximum atomic E-state index is 12.3. The number of amides is 1. The average Bonchev–Trinajstić information content (AvgIpc) is 2.89. The Hall–Kier alpha value is -1.81. The highest BCUT2D eigenvalue weighted by molar-refractivity contribution is 6.30. The minimum absolute atomic E-state index is 0.0761. The number of anilines is 1. The Morgan fingerprint density at radius 3 is 2.84 bits per heavy atom. The van der Waals surface area contributed by atoms with E-state index in [-0.39, 0.29) is 11.9 Å². The van der Waals surface area contributed by atoms with Crippen LogP contribution < -0.4 is 5.32 Å². The maximum absolute atomic E-state index is 12.3. The number of hydrogen-bond acceptors (Lipinski definition) is 2. The number of halogens is 1. The van der Waals surface area contributed by atoms with E-state index in [9.17, 15) is 4.79 Å². The standard InChI is InChI=1S/C14H16ClN3O/c1-2-5-12(18-8-3-4-9-18)14(19)17-13-10-11(15)6-7-16-13/h3-4,6-10,12H,2,5H2,1H3,(H,16,17,19). The number of aromatic nitrogens is 2. The topological polar surface area (TPSA) is 46.9 Å². The molecular weight excluding hydrogens is 262 g/mol. The van der Waals surface area contributed by atoms with Gasteiger partial charge in [0.15, 0.2) is 0 Å². The third-order valence-electron chi connectivity index (χ3n) is 2.83. The molecule has 2 heterocycles. The van der Waals surface area contributed by atoms with Crippen LogP contribution in [0.1, 0.15) is 25.8 Å². The van der Waals surface area contributed by atoms with Crippen molar-refractivity contribution in [2.45, 2.75) is 25.8 Å². The molecule has 1 unspecified atom stereocenters. The summed E-state index contributed by atoms with van der Waals surface area (Å²) in [6.45, 7) is 2.06. The number of hydrogen-bond donors (Lipinski definition) is 1. The summed E-state index contributed by atoms with van der Waals surface area (Å²) < 4.78 is 1.91. The summed E-state index contributed by atoms with van der Waals surface area (Å²) in [5.41, 5.74) is 0. The fourth-order valence-corrected chi connectivity index (χ4v) is 2.09. The lowest BCUT2D eigenvalue weighted by Crippen LogP contribution is -2.25. The van der Waals surface area contributed by atoms with Gasteiger partial charge in [0, 0.05) is 23.6 Å². The van der Waals surface area contributed by atoms with Gasteiger partial charge in [-0.05, 0) is 30.7 Å². The smallest absolute Gasteiger partial charge is 0.248 e. The number of nitrogens with zero attached hydrogens (tertiary/aromatic N) is 2. The Labute approximate surface area is 117 Å². The zero-order chi connectivity index (χ0) is 13.7. The van der Waals surface area contributed by atoms with Crippen LogP contribution in [0.25, 0.3) is 0 Å². The van der Waals surface area contributed by atoms with E-state index in [0.29, 0.717) is 10.8 Å². The fraction of sp³-hybridized carbons (Fsp3) is 0.286. The van der Waals surface area contributed by atoms with Gasteiger partial charge in [-0.15, -0.1) is 0 Å². The van der Waals surface area contributed by atoms with Crippen molar-refractivity contribution in [3.63, 3.8) is 0 Å². The number of carbonyl (C=O) groups excluding carboxylic acids is 1. The van der Waals surface area contributed by atoms with Crippen LogP contribution in [0.4, 0.5) is 5.82 Å². The average molecular weight is 278 g/mol. The molecule has 0 bridgehead atoms. The third kappa shape index (κ3) is 3.58. The molecule has 2 aromatic heterocycles. The molecular formula is C14H16ClN3O. The van der Waals surface area contributed by atoms with Gasteiger partial charge in [-0.1, -0.05) is 24.9 Å². The predicted molar refractivity (Wildman–Crippen MR) is 76.3 cm³/mol. The van der Waals surface area contributed by atoms with Crippen LogP contribution in [0.3, 0.4) is 0 Å². The summed E-state index contributed by atoms with van der Waals surface area (Å²) in [5, 5.41) is 3.35. The van der Waals surface area contributed by atoms with Gasteiger partial charge in [0.05, 0.1) is 0 Å². The monoisotopic (exact) mass is 277 g/mol. The van der Waals surface area contributed by atoms with E-state index in [0.717, 1.165) is 12.8 Å². The highest BCUT2D eigenvalue weighted by Crippen LogP contribution is 2.18. The van der Waals surface area contributed by atoms with Crippen LogP contribution >= 0.6 is 11.6 Å². The minimum Gasteiger partial charge on any atom is -0.342 e.